The van der Waals surface area contributed by atoms with Crippen molar-refractivity contribution in [2.45, 2.75) is 19.4 Å². The van der Waals surface area contributed by atoms with Gasteiger partial charge in [0.05, 0.1) is 11.6 Å². The monoisotopic (exact) mass is 327 g/mol. The third kappa shape index (κ3) is 3.03. The van der Waals surface area contributed by atoms with Crippen LogP contribution in [-0.2, 0) is 0 Å². The van der Waals surface area contributed by atoms with Crippen molar-refractivity contribution in [3.8, 4) is 11.5 Å². The fourth-order valence-corrected chi connectivity index (χ4v) is 3.40. The summed E-state index contributed by atoms with van der Waals surface area (Å²) in [4.78, 5) is 0. The third-order valence-electron chi connectivity index (χ3n) is 4.60. The zero-order valence-electron chi connectivity index (χ0n) is 14.3. The highest BCUT2D eigenvalue weighted by molar-refractivity contribution is 5.87. The van der Waals surface area contributed by atoms with Gasteiger partial charge < -0.3 is 9.30 Å². The van der Waals surface area contributed by atoms with Crippen molar-refractivity contribution >= 4 is 10.9 Å². The van der Waals surface area contributed by atoms with Crippen molar-refractivity contribution < 1.29 is 4.74 Å². The summed E-state index contributed by atoms with van der Waals surface area (Å²) in [5.41, 5.74) is 2.53. The lowest BCUT2D eigenvalue weighted by molar-refractivity contribution is 0.488. The first-order valence-corrected chi connectivity index (χ1v) is 8.74. The van der Waals surface area contributed by atoms with Crippen LogP contribution in [0.15, 0.2) is 91.1 Å². The molecule has 0 saturated carbocycles. The minimum absolute atomic E-state index is 0.325. The smallest absolute Gasteiger partial charge is 0.136 e. The second kappa shape index (κ2) is 6.86. The Morgan fingerprint density at radius 2 is 1.52 bits per heavy atom. The standard InChI is InChI=1S/C23H21NO/c1-2-21(18-10-5-3-6-11-18)24-17-16-20-22(24)14-9-15-23(20)25-19-12-7-4-8-13-19/h3-17,21H,2H2,1H3/t21-/m0/s1. The summed E-state index contributed by atoms with van der Waals surface area (Å²) in [7, 11) is 0. The highest BCUT2D eigenvalue weighted by Gasteiger charge is 2.15. The molecule has 1 aromatic heterocycles. The van der Waals surface area contributed by atoms with E-state index in [0.29, 0.717) is 6.04 Å². The molecule has 0 radical (unpaired) electrons. The fraction of sp³-hybridized carbons (Fsp3) is 0.130. The number of ether oxygens (including phenoxy) is 1. The van der Waals surface area contributed by atoms with Crippen molar-refractivity contribution in [3.63, 3.8) is 0 Å². The lowest BCUT2D eigenvalue weighted by Gasteiger charge is -2.19. The summed E-state index contributed by atoms with van der Waals surface area (Å²) in [5, 5.41) is 1.14. The van der Waals surface area contributed by atoms with Crippen LogP contribution in [0.25, 0.3) is 10.9 Å². The molecule has 25 heavy (non-hydrogen) atoms. The van der Waals surface area contributed by atoms with E-state index in [1.54, 1.807) is 0 Å². The van der Waals surface area contributed by atoms with Crippen LogP contribution in [0.3, 0.4) is 0 Å². The van der Waals surface area contributed by atoms with E-state index in [-0.39, 0.29) is 0 Å². The lowest BCUT2D eigenvalue weighted by Crippen LogP contribution is -2.08. The molecule has 0 aliphatic rings. The molecule has 124 valence electrons. The molecule has 0 fully saturated rings. The second-order valence-electron chi connectivity index (χ2n) is 6.16. The first-order valence-electron chi connectivity index (χ1n) is 8.74. The van der Waals surface area contributed by atoms with Gasteiger partial charge in [-0.15, -0.1) is 0 Å². The molecule has 0 aliphatic heterocycles. The Morgan fingerprint density at radius 3 is 2.24 bits per heavy atom. The second-order valence-corrected chi connectivity index (χ2v) is 6.16. The summed E-state index contributed by atoms with van der Waals surface area (Å²) in [6.07, 6.45) is 3.21. The molecule has 4 rings (SSSR count). The molecule has 0 amide bonds. The molecule has 1 heterocycles. The molecule has 0 saturated heterocycles. The zero-order chi connectivity index (χ0) is 17.1. The average Bonchev–Trinajstić information content (AvgIpc) is 3.09. The minimum atomic E-state index is 0.325. The predicted octanol–water partition coefficient (Wildman–Crippen LogP) is 6.43. The number of hydrogen-bond acceptors (Lipinski definition) is 1. The van der Waals surface area contributed by atoms with E-state index in [1.807, 2.05) is 36.4 Å². The molecule has 3 aromatic carbocycles. The van der Waals surface area contributed by atoms with Crippen LogP contribution in [0.2, 0.25) is 0 Å². The topological polar surface area (TPSA) is 14.2 Å². The summed E-state index contributed by atoms with van der Waals surface area (Å²) >= 11 is 0. The van der Waals surface area contributed by atoms with Gasteiger partial charge in [-0.1, -0.05) is 61.5 Å². The molecule has 0 N–H and O–H groups in total. The van der Waals surface area contributed by atoms with Crippen molar-refractivity contribution in [1.82, 2.24) is 4.57 Å². The Bertz CT molecular complexity index is 957. The number of aromatic nitrogens is 1. The van der Waals surface area contributed by atoms with Gasteiger partial charge >= 0.3 is 0 Å². The first-order chi connectivity index (χ1) is 12.4. The lowest BCUT2D eigenvalue weighted by atomic mass is 10.0. The van der Waals surface area contributed by atoms with Gasteiger partial charge in [0.1, 0.15) is 11.5 Å². The number of fused-ring (bicyclic) bond motifs is 1. The van der Waals surface area contributed by atoms with E-state index < -0.39 is 0 Å². The minimum Gasteiger partial charge on any atom is -0.457 e. The molecular weight excluding hydrogens is 306 g/mol. The van der Waals surface area contributed by atoms with Gasteiger partial charge in [0.15, 0.2) is 0 Å². The van der Waals surface area contributed by atoms with Gasteiger partial charge in [-0.05, 0) is 42.3 Å². The fourth-order valence-electron chi connectivity index (χ4n) is 3.40. The van der Waals surface area contributed by atoms with Crippen LogP contribution in [0, 0.1) is 0 Å². The van der Waals surface area contributed by atoms with E-state index >= 15 is 0 Å². The molecule has 0 unspecified atom stereocenters. The number of rotatable bonds is 5. The van der Waals surface area contributed by atoms with Crippen molar-refractivity contribution in [2.24, 2.45) is 0 Å². The van der Waals surface area contributed by atoms with E-state index in [0.717, 1.165) is 23.3 Å². The predicted molar refractivity (Wildman–Crippen MR) is 103 cm³/mol. The Kier molecular flexibility index (Phi) is 4.26. The van der Waals surface area contributed by atoms with Gasteiger partial charge in [-0.3, -0.25) is 0 Å². The third-order valence-corrected chi connectivity index (χ3v) is 4.60. The Labute approximate surface area is 148 Å². The highest BCUT2D eigenvalue weighted by Crippen LogP contribution is 2.34. The van der Waals surface area contributed by atoms with Gasteiger partial charge in [0, 0.05) is 11.6 Å². The van der Waals surface area contributed by atoms with Crippen LogP contribution in [-0.4, -0.2) is 4.57 Å². The Balaban J connectivity index is 1.76. The quantitative estimate of drug-likeness (QED) is 0.412. The molecule has 0 bridgehead atoms. The molecule has 0 aliphatic carbocycles. The molecule has 2 heteroatoms. The molecule has 0 spiro atoms. The maximum absolute atomic E-state index is 6.11. The average molecular weight is 327 g/mol. The summed E-state index contributed by atoms with van der Waals surface area (Å²) in [6.45, 7) is 2.23. The van der Waals surface area contributed by atoms with Gasteiger partial charge in [0.25, 0.3) is 0 Å². The van der Waals surface area contributed by atoms with Gasteiger partial charge in [0.2, 0.25) is 0 Å². The maximum atomic E-state index is 6.11. The van der Waals surface area contributed by atoms with Crippen molar-refractivity contribution in [1.29, 1.82) is 0 Å². The van der Waals surface area contributed by atoms with E-state index in [1.165, 1.54) is 11.1 Å². The van der Waals surface area contributed by atoms with Gasteiger partial charge in [-0.2, -0.15) is 0 Å². The Morgan fingerprint density at radius 1 is 0.800 bits per heavy atom. The van der Waals surface area contributed by atoms with Crippen LogP contribution in [0.4, 0.5) is 0 Å². The first kappa shape index (κ1) is 15.5. The van der Waals surface area contributed by atoms with Crippen LogP contribution in [0.5, 0.6) is 11.5 Å². The summed E-state index contributed by atoms with van der Waals surface area (Å²) in [6, 6.07) is 29.3. The summed E-state index contributed by atoms with van der Waals surface area (Å²) < 4.78 is 8.46. The zero-order valence-corrected chi connectivity index (χ0v) is 14.3. The SMILES string of the molecule is CC[C@@H](c1ccccc1)n1ccc2c(Oc3ccccc3)cccc21. The van der Waals surface area contributed by atoms with Crippen molar-refractivity contribution in [3.05, 3.63) is 96.7 Å². The van der Waals surface area contributed by atoms with Crippen LogP contribution in [0.1, 0.15) is 24.9 Å². The van der Waals surface area contributed by atoms with Crippen LogP contribution < -0.4 is 4.74 Å². The summed E-state index contributed by atoms with van der Waals surface area (Å²) in [5.74, 6) is 1.75. The van der Waals surface area contributed by atoms with E-state index in [9.17, 15) is 0 Å². The van der Waals surface area contributed by atoms with Crippen molar-refractivity contribution in [2.75, 3.05) is 0 Å². The number of hydrogen-bond donors (Lipinski definition) is 0. The normalized spacial score (nSPS) is 12.2. The van der Waals surface area contributed by atoms with Gasteiger partial charge in [-0.25, -0.2) is 0 Å². The number of benzene rings is 3. The molecule has 2 nitrogen and oxygen atoms in total. The largest absolute Gasteiger partial charge is 0.457 e. The Hall–Kier alpha value is -3.00. The molecule has 1 atom stereocenters. The maximum Gasteiger partial charge on any atom is 0.136 e. The molecular formula is C23H21NO. The van der Waals surface area contributed by atoms with Crippen LogP contribution >= 0.6 is 0 Å². The number of nitrogens with zero attached hydrogens (tertiary/aromatic N) is 1. The van der Waals surface area contributed by atoms with E-state index in [2.05, 4.69) is 66.2 Å². The highest BCUT2D eigenvalue weighted by atomic mass is 16.5. The van der Waals surface area contributed by atoms with E-state index in [4.69, 9.17) is 4.74 Å². The number of para-hydroxylation sites is 1. The molecule has 4 aromatic rings.